The highest BCUT2D eigenvalue weighted by atomic mass is 16.5. The lowest BCUT2D eigenvalue weighted by molar-refractivity contribution is -0.141. The highest BCUT2D eigenvalue weighted by molar-refractivity contribution is 5.82. The van der Waals surface area contributed by atoms with Crippen molar-refractivity contribution in [3.63, 3.8) is 0 Å². The Labute approximate surface area is 171 Å². The maximum atomic E-state index is 12.9. The van der Waals surface area contributed by atoms with Gasteiger partial charge in [-0.1, -0.05) is 13.8 Å². The van der Waals surface area contributed by atoms with Gasteiger partial charge in [0.2, 0.25) is 5.91 Å². The first-order chi connectivity index (χ1) is 13.6. The second kappa shape index (κ2) is 10.7. The molecule has 1 amide bonds. The van der Waals surface area contributed by atoms with E-state index in [4.69, 9.17) is 4.74 Å². The van der Waals surface area contributed by atoms with E-state index < -0.39 is 0 Å². The summed E-state index contributed by atoms with van der Waals surface area (Å²) >= 11 is 0. The van der Waals surface area contributed by atoms with Gasteiger partial charge in [-0.3, -0.25) is 9.59 Å². The Kier molecular flexibility index (Phi) is 8.34. The minimum atomic E-state index is 0.140. The highest BCUT2D eigenvalue weighted by Crippen LogP contribution is 2.32. The standard InChI is InChI=1S/C23H40N2O3/c1-3-5-22(26)18-6-8-19(9-7-18)23(27)25-16-12-21(13-17-25)28-20-10-14-24(4-2)15-11-20/h18-21H,3-17H2,1-2H3. The molecule has 5 heteroatoms. The number of rotatable bonds is 7. The molecular weight excluding hydrogens is 352 g/mol. The monoisotopic (exact) mass is 392 g/mol. The maximum absolute atomic E-state index is 12.9. The second-order valence-corrected chi connectivity index (χ2v) is 9.06. The van der Waals surface area contributed by atoms with Crippen molar-refractivity contribution >= 4 is 11.7 Å². The minimum absolute atomic E-state index is 0.140. The van der Waals surface area contributed by atoms with Crippen molar-refractivity contribution in [2.24, 2.45) is 11.8 Å². The van der Waals surface area contributed by atoms with Gasteiger partial charge < -0.3 is 14.5 Å². The van der Waals surface area contributed by atoms with Crippen molar-refractivity contribution in [1.82, 2.24) is 9.80 Å². The van der Waals surface area contributed by atoms with Crippen LogP contribution in [0.1, 0.15) is 78.1 Å². The Hall–Kier alpha value is -0.940. The molecule has 0 atom stereocenters. The van der Waals surface area contributed by atoms with Gasteiger partial charge in [0, 0.05) is 44.4 Å². The van der Waals surface area contributed by atoms with Crippen LogP contribution in [0.4, 0.5) is 0 Å². The molecule has 3 rings (SSSR count). The van der Waals surface area contributed by atoms with Crippen molar-refractivity contribution < 1.29 is 14.3 Å². The van der Waals surface area contributed by atoms with Crippen molar-refractivity contribution in [1.29, 1.82) is 0 Å². The number of hydrogen-bond acceptors (Lipinski definition) is 4. The topological polar surface area (TPSA) is 49.9 Å². The van der Waals surface area contributed by atoms with E-state index >= 15 is 0 Å². The zero-order valence-corrected chi connectivity index (χ0v) is 18.0. The van der Waals surface area contributed by atoms with Crippen LogP contribution in [-0.4, -0.2) is 66.4 Å². The van der Waals surface area contributed by atoms with Crippen LogP contribution in [0.5, 0.6) is 0 Å². The fourth-order valence-electron chi connectivity index (χ4n) is 5.22. The average molecular weight is 393 g/mol. The Morgan fingerprint density at radius 3 is 1.86 bits per heavy atom. The molecule has 0 radical (unpaired) electrons. The number of ketones is 1. The summed E-state index contributed by atoms with van der Waals surface area (Å²) in [4.78, 5) is 29.6. The SMILES string of the molecule is CCCC(=O)C1CCC(C(=O)N2CCC(OC3CCN(CC)CC3)CC2)CC1. The van der Waals surface area contributed by atoms with Crippen LogP contribution < -0.4 is 0 Å². The Morgan fingerprint density at radius 1 is 0.786 bits per heavy atom. The predicted octanol–water partition coefficient (Wildman–Crippen LogP) is 3.65. The Bertz CT molecular complexity index is 500. The van der Waals surface area contributed by atoms with Gasteiger partial charge in [-0.05, 0) is 64.3 Å². The third-order valence-corrected chi connectivity index (χ3v) is 7.15. The van der Waals surface area contributed by atoms with Crippen LogP contribution >= 0.6 is 0 Å². The number of ether oxygens (including phenoxy) is 1. The fourth-order valence-corrected chi connectivity index (χ4v) is 5.22. The predicted molar refractivity (Wildman–Crippen MR) is 111 cm³/mol. The lowest BCUT2D eigenvalue weighted by Gasteiger charge is -2.38. The largest absolute Gasteiger partial charge is 0.375 e. The third-order valence-electron chi connectivity index (χ3n) is 7.15. The summed E-state index contributed by atoms with van der Waals surface area (Å²) in [6, 6.07) is 0. The maximum Gasteiger partial charge on any atom is 0.225 e. The van der Waals surface area contributed by atoms with Gasteiger partial charge >= 0.3 is 0 Å². The number of carbonyl (C=O) groups is 2. The zero-order chi connectivity index (χ0) is 19.9. The molecule has 0 aromatic carbocycles. The zero-order valence-electron chi connectivity index (χ0n) is 18.0. The molecule has 0 N–H and O–H groups in total. The van der Waals surface area contributed by atoms with Crippen molar-refractivity contribution in [3.05, 3.63) is 0 Å². The fraction of sp³-hybridized carbons (Fsp3) is 0.913. The molecule has 0 aromatic rings. The van der Waals surface area contributed by atoms with E-state index in [0.29, 0.717) is 30.3 Å². The summed E-state index contributed by atoms with van der Waals surface area (Å²) in [6.45, 7) is 9.42. The Balaban J connectivity index is 1.36. The van der Waals surface area contributed by atoms with Crippen LogP contribution in [0.25, 0.3) is 0 Å². The molecule has 3 fully saturated rings. The first-order valence-corrected chi connectivity index (χ1v) is 11.8. The molecule has 0 unspecified atom stereocenters. The van der Waals surface area contributed by atoms with Gasteiger partial charge in [-0.2, -0.15) is 0 Å². The number of Topliss-reactive ketones (excluding diaryl/α,β-unsaturated/α-hetero) is 1. The summed E-state index contributed by atoms with van der Waals surface area (Å²) in [5.74, 6) is 1.09. The van der Waals surface area contributed by atoms with Crippen molar-refractivity contribution in [3.8, 4) is 0 Å². The molecule has 0 spiro atoms. The van der Waals surface area contributed by atoms with Gasteiger partial charge in [-0.25, -0.2) is 0 Å². The number of amides is 1. The van der Waals surface area contributed by atoms with E-state index in [1.807, 2.05) is 0 Å². The van der Waals surface area contributed by atoms with E-state index in [1.165, 1.54) is 0 Å². The third kappa shape index (κ3) is 5.79. The smallest absolute Gasteiger partial charge is 0.225 e. The first kappa shape index (κ1) is 21.8. The van der Waals surface area contributed by atoms with Gasteiger partial charge in [0.1, 0.15) is 5.78 Å². The van der Waals surface area contributed by atoms with E-state index in [0.717, 1.165) is 90.5 Å². The molecule has 160 valence electrons. The van der Waals surface area contributed by atoms with E-state index in [2.05, 4.69) is 23.6 Å². The highest BCUT2D eigenvalue weighted by Gasteiger charge is 2.34. The molecule has 2 saturated heterocycles. The average Bonchev–Trinajstić information content (AvgIpc) is 2.74. The van der Waals surface area contributed by atoms with Gasteiger partial charge in [0.15, 0.2) is 0 Å². The summed E-state index contributed by atoms with van der Waals surface area (Å²) in [5.41, 5.74) is 0. The number of piperidine rings is 2. The van der Waals surface area contributed by atoms with Crippen LogP contribution in [0, 0.1) is 11.8 Å². The van der Waals surface area contributed by atoms with E-state index in [-0.39, 0.29) is 11.8 Å². The first-order valence-electron chi connectivity index (χ1n) is 11.8. The Morgan fingerprint density at radius 2 is 1.32 bits per heavy atom. The summed E-state index contributed by atoms with van der Waals surface area (Å²) in [5, 5.41) is 0. The lowest BCUT2D eigenvalue weighted by atomic mass is 9.78. The normalized spacial score (nSPS) is 28.4. The van der Waals surface area contributed by atoms with Crippen LogP contribution in [0.3, 0.4) is 0 Å². The quantitative estimate of drug-likeness (QED) is 0.663. The molecule has 2 heterocycles. The van der Waals surface area contributed by atoms with Crippen molar-refractivity contribution in [2.75, 3.05) is 32.7 Å². The van der Waals surface area contributed by atoms with E-state index in [1.54, 1.807) is 0 Å². The molecule has 0 aromatic heterocycles. The molecule has 1 aliphatic carbocycles. The lowest BCUT2D eigenvalue weighted by Crippen LogP contribution is -2.46. The molecule has 1 saturated carbocycles. The summed E-state index contributed by atoms with van der Waals surface area (Å²) < 4.78 is 6.36. The molecule has 5 nitrogen and oxygen atoms in total. The van der Waals surface area contributed by atoms with Crippen LogP contribution in [-0.2, 0) is 14.3 Å². The van der Waals surface area contributed by atoms with Gasteiger partial charge in [0.25, 0.3) is 0 Å². The number of carbonyl (C=O) groups excluding carboxylic acids is 2. The molecule has 0 bridgehead atoms. The molecule has 3 aliphatic rings. The van der Waals surface area contributed by atoms with Gasteiger partial charge in [0.05, 0.1) is 12.2 Å². The molecular formula is C23H40N2O3. The van der Waals surface area contributed by atoms with Crippen molar-refractivity contribution in [2.45, 2.75) is 90.3 Å². The number of likely N-dealkylation sites (tertiary alicyclic amines) is 2. The number of nitrogens with zero attached hydrogens (tertiary/aromatic N) is 2. The van der Waals surface area contributed by atoms with E-state index in [9.17, 15) is 9.59 Å². The summed E-state index contributed by atoms with van der Waals surface area (Å²) in [7, 11) is 0. The second-order valence-electron chi connectivity index (χ2n) is 9.06. The minimum Gasteiger partial charge on any atom is -0.375 e. The van der Waals surface area contributed by atoms with Gasteiger partial charge in [-0.15, -0.1) is 0 Å². The molecule has 28 heavy (non-hydrogen) atoms. The number of hydrogen-bond donors (Lipinski definition) is 0. The summed E-state index contributed by atoms with van der Waals surface area (Å²) in [6.07, 6.45) is 10.2. The van der Waals surface area contributed by atoms with Crippen LogP contribution in [0.15, 0.2) is 0 Å². The molecule has 2 aliphatic heterocycles. The van der Waals surface area contributed by atoms with Crippen LogP contribution in [0.2, 0.25) is 0 Å².